The Kier molecular flexibility index (Phi) is 6.02. The first kappa shape index (κ1) is 16.9. The molecule has 1 aromatic heterocycles. The Labute approximate surface area is 137 Å². The van der Waals surface area contributed by atoms with Crippen LogP contribution in [0.5, 0.6) is 11.5 Å². The van der Waals surface area contributed by atoms with Crippen LogP contribution >= 0.6 is 0 Å². The van der Waals surface area contributed by atoms with E-state index in [4.69, 9.17) is 9.47 Å². The van der Waals surface area contributed by atoms with Crippen LogP contribution in [-0.4, -0.2) is 30.7 Å². The monoisotopic (exact) mass is 316 g/mol. The maximum absolute atomic E-state index is 5.30. The summed E-state index contributed by atoms with van der Waals surface area (Å²) in [6, 6.07) is 7.52. The number of rotatable bonds is 8. The molecule has 124 valence electrons. The van der Waals surface area contributed by atoms with Crippen molar-refractivity contribution in [3.8, 4) is 11.5 Å². The van der Waals surface area contributed by atoms with Crippen LogP contribution in [0.15, 0.2) is 30.6 Å². The summed E-state index contributed by atoms with van der Waals surface area (Å²) in [6.07, 6.45) is 2.64. The van der Waals surface area contributed by atoms with Crippen molar-refractivity contribution < 1.29 is 9.47 Å². The van der Waals surface area contributed by atoms with E-state index >= 15 is 0 Å². The molecule has 6 heteroatoms. The van der Waals surface area contributed by atoms with Crippen molar-refractivity contribution >= 4 is 17.3 Å². The zero-order chi connectivity index (χ0) is 16.7. The third-order valence-electron chi connectivity index (χ3n) is 3.35. The highest BCUT2D eigenvalue weighted by Gasteiger charge is 2.06. The van der Waals surface area contributed by atoms with Gasteiger partial charge in [-0.25, -0.2) is 9.97 Å². The summed E-state index contributed by atoms with van der Waals surface area (Å²) in [5.74, 6) is 3.55. The van der Waals surface area contributed by atoms with E-state index in [-0.39, 0.29) is 0 Å². The molecule has 0 unspecified atom stereocenters. The fourth-order valence-electron chi connectivity index (χ4n) is 2.07. The minimum absolute atomic E-state index is 0.661. The summed E-state index contributed by atoms with van der Waals surface area (Å²) in [5.41, 5.74) is 0.870. The standard InChI is InChI=1S/C17H24N4O2/c1-12(2)7-8-18-16-10-17(20-11-19-16)21-13-5-6-14(22-3)15(9-13)23-4/h5-6,9-12H,7-8H2,1-4H3,(H2,18,19,20,21). The van der Waals surface area contributed by atoms with Crippen molar-refractivity contribution in [2.24, 2.45) is 5.92 Å². The first-order valence-electron chi connectivity index (χ1n) is 7.67. The average Bonchev–Trinajstić information content (AvgIpc) is 2.54. The third kappa shape index (κ3) is 5.02. The highest BCUT2D eigenvalue weighted by molar-refractivity contribution is 5.62. The van der Waals surface area contributed by atoms with Gasteiger partial charge in [-0.05, 0) is 24.5 Å². The second kappa shape index (κ2) is 8.22. The van der Waals surface area contributed by atoms with Crippen LogP contribution in [0.25, 0.3) is 0 Å². The molecule has 0 spiro atoms. The van der Waals surface area contributed by atoms with E-state index in [0.717, 1.165) is 30.3 Å². The fourth-order valence-corrected chi connectivity index (χ4v) is 2.07. The first-order chi connectivity index (χ1) is 11.1. The lowest BCUT2D eigenvalue weighted by Crippen LogP contribution is -2.07. The molecule has 0 bridgehead atoms. The summed E-state index contributed by atoms with van der Waals surface area (Å²) in [7, 11) is 3.23. The highest BCUT2D eigenvalue weighted by Crippen LogP contribution is 2.30. The predicted octanol–water partition coefficient (Wildman–Crippen LogP) is 3.70. The number of benzene rings is 1. The molecule has 0 saturated heterocycles. The number of hydrogen-bond donors (Lipinski definition) is 2. The van der Waals surface area contributed by atoms with Crippen LogP contribution in [0.2, 0.25) is 0 Å². The molecule has 0 saturated carbocycles. The molecule has 6 nitrogen and oxygen atoms in total. The summed E-state index contributed by atoms with van der Waals surface area (Å²) in [5, 5.41) is 6.55. The Hall–Kier alpha value is -2.50. The maximum atomic E-state index is 5.30. The van der Waals surface area contributed by atoms with Gasteiger partial charge in [0.15, 0.2) is 11.5 Å². The van der Waals surface area contributed by atoms with Crippen LogP contribution in [0, 0.1) is 5.92 Å². The van der Waals surface area contributed by atoms with E-state index in [1.54, 1.807) is 20.5 Å². The van der Waals surface area contributed by atoms with Crippen LogP contribution in [0.4, 0.5) is 17.3 Å². The van der Waals surface area contributed by atoms with Gasteiger partial charge in [0.2, 0.25) is 0 Å². The average molecular weight is 316 g/mol. The predicted molar refractivity (Wildman–Crippen MR) is 92.8 cm³/mol. The Bertz CT molecular complexity index is 632. The number of anilines is 3. The van der Waals surface area contributed by atoms with Gasteiger partial charge in [0.05, 0.1) is 14.2 Å². The lowest BCUT2D eigenvalue weighted by Gasteiger charge is -2.12. The Morgan fingerprint density at radius 2 is 1.74 bits per heavy atom. The van der Waals surface area contributed by atoms with Crippen LogP contribution < -0.4 is 20.1 Å². The minimum atomic E-state index is 0.661. The quantitative estimate of drug-likeness (QED) is 0.774. The molecule has 0 atom stereocenters. The lowest BCUT2D eigenvalue weighted by atomic mass is 10.1. The highest BCUT2D eigenvalue weighted by atomic mass is 16.5. The van der Waals surface area contributed by atoms with E-state index in [9.17, 15) is 0 Å². The van der Waals surface area contributed by atoms with Crippen molar-refractivity contribution in [1.82, 2.24) is 9.97 Å². The van der Waals surface area contributed by atoms with E-state index in [1.807, 2.05) is 24.3 Å². The molecular formula is C17H24N4O2. The van der Waals surface area contributed by atoms with E-state index in [2.05, 4.69) is 34.4 Å². The fraction of sp³-hybridized carbons (Fsp3) is 0.412. The largest absolute Gasteiger partial charge is 0.493 e. The Morgan fingerprint density at radius 1 is 1.00 bits per heavy atom. The van der Waals surface area contributed by atoms with Gasteiger partial charge in [-0.2, -0.15) is 0 Å². The number of hydrogen-bond acceptors (Lipinski definition) is 6. The summed E-state index contributed by atoms with van der Waals surface area (Å²) in [6.45, 7) is 5.29. The Balaban J connectivity index is 2.05. The van der Waals surface area contributed by atoms with E-state index in [1.165, 1.54) is 0 Å². The topological polar surface area (TPSA) is 68.3 Å². The molecule has 0 aliphatic carbocycles. The van der Waals surface area contributed by atoms with Crippen molar-refractivity contribution in [1.29, 1.82) is 0 Å². The number of methoxy groups -OCH3 is 2. The van der Waals surface area contributed by atoms with Crippen molar-refractivity contribution in [3.63, 3.8) is 0 Å². The first-order valence-corrected chi connectivity index (χ1v) is 7.67. The second-order valence-corrected chi connectivity index (χ2v) is 5.59. The van der Waals surface area contributed by atoms with Gasteiger partial charge >= 0.3 is 0 Å². The van der Waals surface area contributed by atoms with Gasteiger partial charge in [0.25, 0.3) is 0 Å². The van der Waals surface area contributed by atoms with Crippen molar-refractivity contribution in [2.75, 3.05) is 31.4 Å². The number of nitrogens with zero attached hydrogens (tertiary/aromatic N) is 2. The molecule has 23 heavy (non-hydrogen) atoms. The molecule has 1 aromatic carbocycles. The summed E-state index contributed by atoms with van der Waals surface area (Å²) in [4.78, 5) is 8.47. The van der Waals surface area contributed by atoms with Gasteiger partial charge in [-0.15, -0.1) is 0 Å². The summed E-state index contributed by atoms with van der Waals surface area (Å²) < 4.78 is 10.5. The third-order valence-corrected chi connectivity index (χ3v) is 3.35. The maximum Gasteiger partial charge on any atom is 0.162 e. The smallest absolute Gasteiger partial charge is 0.162 e. The van der Waals surface area contributed by atoms with Crippen LogP contribution in [-0.2, 0) is 0 Å². The SMILES string of the molecule is COc1ccc(Nc2cc(NCCC(C)C)ncn2)cc1OC. The number of ether oxygens (including phenoxy) is 2. The summed E-state index contributed by atoms with van der Waals surface area (Å²) >= 11 is 0. The molecule has 2 rings (SSSR count). The van der Waals surface area contributed by atoms with Gasteiger partial charge in [-0.3, -0.25) is 0 Å². The minimum Gasteiger partial charge on any atom is -0.493 e. The van der Waals surface area contributed by atoms with Crippen molar-refractivity contribution in [3.05, 3.63) is 30.6 Å². The molecule has 1 heterocycles. The van der Waals surface area contributed by atoms with Gasteiger partial charge in [0.1, 0.15) is 18.0 Å². The molecule has 0 aliphatic rings. The number of nitrogens with one attached hydrogen (secondary N) is 2. The normalized spacial score (nSPS) is 10.5. The van der Waals surface area contributed by atoms with Crippen LogP contribution in [0.3, 0.4) is 0 Å². The van der Waals surface area contributed by atoms with Gasteiger partial charge < -0.3 is 20.1 Å². The Morgan fingerprint density at radius 3 is 2.43 bits per heavy atom. The lowest BCUT2D eigenvalue weighted by molar-refractivity contribution is 0.355. The number of aromatic nitrogens is 2. The molecule has 0 fully saturated rings. The molecular weight excluding hydrogens is 292 g/mol. The molecule has 2 N–H and O–H groups in total. The zero-order valence-corrected chi connectivity index (χ0v) is 14.1. The van der Waals surface area contributed by atoms with Crippen molar-refractivity contribution in [2.45, 2.75) is 20.3 Å². The van der Waals surface area contributed by atoms with Crippen LogP contribution in [0.1, 0.15) is 20.3 Å². The van der Waals surface area contributed by atoms with E-state index < -0.39 is 0 Å². The molecule has 0 amide bonds. The molecule has 0 aliphatic heterocycles. The van der Waals surface area contributed by atoms with E-state index in [0.29, 0.717) is 17.4 Å². The van der Waals surface area contributed by atoms with Gasteiger partial charge in [0, 0.05) is 24.4 Å². The zero-order valence-electron chi connectivity index (χ0n) is 14.1. The second-order valence-electron chi connectivity index (χ2n) is 5.59. The van der Waals surface area contributed by atoms with Gasteiger partial charge in [-0.1, -0.05) is 13.8 Å². The molecule has 0 radical (unpaired) electrons. The molecule has 2 aromatic rings.